The SMILES string of the molecule is CCCCOC1=C(C(=O)OC(c2ccccc2)c2ccccc2)N2C(=O)[C@@H](NC(=O)Cc3ccccc3)[C@@H]2SC1. The lowest BCUT2D eigenvalue weighted by Crippen LogP contribution is -2.70. The molecule has 1 fully saturated rings. The Balaban J connectivity index is 1.38. The molecular formula is C32H32N2O5S. The van der Waals surface area contributed by atoms with Gasteiger partial charge in [-0.05, 0) is 23.1 Å². The van der Waals surface area contributed by atoms with Crippen molar-refractivity contribution < 1.29 is 23.9 Å². The number of carbonyl (C=O) groups excluding carboxylic acids is 3. The Kier molecular flexibility index (Phi) is 8.86. The van der Waals surface area contributed by atoms with Crippen LogP contribution in [0.1, 0.15) is 42.6 Å². The first-order valence-electron chi connectivity index (χ1n) is 13.5. The summed E-state index contributed by atoms with van der Waals surface area (Å²) in [5.41, 5.74) is 2.62. The van der Waals surface area contributed by atoms with Crippen LogP contribution in [0, 0.1) is 0 Å². The van der Waals surface area contributed by atoms with Gasteiger partial charge in [-0.15, -0.1) is 11.8 Å². The highest BCUT2D eigenvalue weighted by atomic mass is 32.2. The number of nitrogens with one attached hydrogen (secondary N) is 1. The van der Waals surface area contributed by atoms with Crippen molar-refractivity contribution in [3.8, 4) is 0 Å². The van der Waals surface area contributed by atoms with Gasteiger partial charge in [0.2, 0.25) is 5.91 Å². The van der Waals surface area contributed by atoms with Gasteiger partial charge in [0.1, 0.15) is 17.2 Å². The Morgan fingerprint density at radius 3 is 2.15 bits per heavy atom. The van der Waals surface area contributed by atoms with E-state index < -0.39 is 23.5 Å². The molecule has 0 saturated carbocycles. The Labute approximate surface area is 238 Å². The van der Waals surface area contributed by atoms with Gasteiger partial charge in [-0.2, -0.15) is 0 Å². The highest BCUT2D eigenvalue weighted by Gasteiger charge is 2.55. The Morgan fingerprint density at radius 1 is 0.950 bits per heavy atom. The second-order valence-electron chi connectivity index (χ2n) is 9.70. The minimum Gasteiger partial charge on any atom is -0.495 e. The zero-order valence-corrected chi connectivity index (χ0v) is 23.1. The molecule has 0 aliphatic carbocycles. The number of thioether (sulfide) groups is 1. The smallest absolute Gasteiger partial charge is 0.359 e. The quantitative estimate of drug-likeness (QED) is 0.204. The lowest BCUT2D eigenvalue weighted by molar-refractivity contribution is -0.155. The highest BCUT2D eigenvalue weighted by molar-refractivity contribution is 8.00. The van der Waals surface area contributed by atoms with Crippen LogP contribution >= 0.6 is 11.8 Å². The number of fused-ring (bicyclic) bond motifs is 1. The number of hydrogen-bond donors (Lipinski definition) is 1. The van der Waals surface area contributed by atoms with Crippen molar-refractivity contribution in [2.45, 2.75) is 43.7 Å². The van der Waals surface area contributed by atoms with Gasteiger partial charge in [0.25, 0.3) is 5.91 Å². The number of unbranched alkanes of at least 4 members (excludes halogenated alkanes) is 1. The summed E-state index contributed by atoms with van der Waals surface area (Å²) in [4.78, 5) is 41.4. The molecule has 3 aromatic carbocycles. The molecule has 1 saturated heterocycles. The van der Waals surface area contributed by atoms with Crippen molar-refractivity contribution in [1.82, 2.24) is 10.2 Å². The lowest BCUT2D eigenvalue weighted by Gasteiger charge is -2.49. The molecule has 3 aromatic rings. The standard InChI is InChI=1S/C32H32N2O5S/c1-2-3-19-38-25-21-40-31-27(33-26(35)20-22-13-7-4-8-14-22)30(36)34(31)28(25)32(37)39-29(23-15-9-5-10-16-23)24-17-11-6-12-18-24/h4-18,27,29,31H,2-3,19-21H2,1H3,(H,33,35)/t27-,31+/m1/s1. The third-order valence-corrected chi connectivity index (χ3v) is 8.11. The molecule has 7 nitrogen and oxygen atoms in total. The fraction of sp³-hybridized carbons (Fsp3) is 0.281. The number of β-lactam (4-membered cyclic amide) rings is 1. The van der Waals surface area contributed by atoms with Gasteiger partial charge in [-0.3, -0.25) is 14.5 Å². The van der Waals surface area contributed by atoms with E-state index in [-0.39, 0.29) is 23.9 Å². The molecule has 0 aromatic heterocycles. The van der Waals surface area contributed by atoms with E-state index in [1.807, 2.05) is 91.0 Å². The summed E-state index contributed by atoms with van der Waals surface area (Å²) in [6, 6.07) is 27.7. The summed E-state index contributed by atoms with van der Waals surface area (Å²) >= 11 is 1.47. The largest absolute Gasteiger partial charge is 0.495 e. The number of amides is 2. The van der Waals surface area contributed by atoms with Crippen LogP contribution in [0.5, 0.6) is 0 Å². The predicted molar refractivity (Wildman–Crippen MR) is 154 cm³/mol. The van der Waals surface area contributed by atoms with Crippen molar-refractivity contribution in [2.24, 2.45) is 0 Å². The van der Waals surface area contributed by atoms with Crippen molar-refractivity contribution in [3.63, 3.8) is 0 Å². The van der Waals surface area contributed by atoms with E-state index in [0.29, 0.717) is 18.1 Å². The number of benzene rings is 3. The molecule has 2 aliphatic heterocycles. The third-order valence-electron chi connectivity index (χ3n) is 6.85. The van der Waals surface area contributed by atoms with Crippen LogP contribution in [0.3, 0.4) is 0 Å². The predicted octanol–water partition coefficient (Wildman–Crippen LogP) is 4.99. The first-order chi connectivity index (χ1) is 19.6. The highest BCUT2D eigenvalue weighted by Crippen LogP contribution is 2.42. The first kappa shape index (κ1) is 27.5. The van der Waals surface area contributed by atoms with E-state index in [0.717, 1.165) is 29.5 Å². The molecule has 2 aliphatic rings. The van der Waals surface area contributed by atoms with Gasteiger partial charge in [0.15, 0.2) is 11.8 Å². The van der Waals surface area contributed by atoms with Gasteiger partial charge in [-0.25, -0.2) is 4.79 Å². The number of ether oxygens (including phenoxy) is 2. The van der Waals surface area contributed by atoms with E-state index in [1.54, 1.807) is 0 Å². The van der Waals surface area contributed by atoms with E-state index in [1.165, 1.54) is 16.7 Å². The number of hydrogen-bond acceptors (Lipinski definition) is 6. The molecule has 8 heteroatoms. The average Bonchev–Trinajstić information content (AvgIpc) is 2.99. The van der Waals surface area contributed by atoms with Gasteiger partial charge in [-0.1, -0.05) is 104 Å². The van der Waals surface area contributed by atoms with Crippen LogP contribution in [-0.4, -0.2) is 46.5 Å². The number of esters is 1. The number of nitrogens with zero attached hydrogens (tertiary/aromatic N) is 1. The molecule has 206 valence electrons. The maximum Gasteiger partial charge on any atom is 0.359 e. The summed E-state index contributed by atoms with van der Waals surface area (Å²) in [5.74, 6) is -0.386. The van der Waals surface area contributed by atoms with E-state index >= 15 is 0 Å². The lowest BCUT2D eigenvalue weighted by atomic mass is 10.0. The first-order valence-corrected chi connectivity index (χ1v) is 14.6. The zero-order chi connectivity index (χ0) is 27.9. The van der Waals surface area contributed by atoms with Crippen LogP contribution in [0.15, 0.2) is 102 Å². The van der Waals surface area contributed by atoms with Crippen LogP contribution in [-0.2, 0) is 30.3 Å². The zero-order valence-electron chi connectivity index (χ0n) is 22.3. The maximum absolute atomic E-state index is 13.9. The molecule has 5 rings (SSSR count). The Morgan fingerprint density at radius 2 is 1.55 bits per heavy atom. The molecule has 1 N–H and O–H groups in total. The summed E-state index contributed by atoms with van der Waals surface area (Å²) in [7, 11) is 0. The summed E-state index contributed by atoms with van der Waals surface area (Å²) in [5, 5.41) is 2.45. The molecule has 2 heterocycles. The van der Waals surface area contributed by atoms with Gasteiger partial charge >= 0.3 is 5.97 Å². The number of rotatable bonds is 11. The van der Waals surface area contributed by atoms with E-state index in [9.17, 15) is 14.4 Å². The monoisotopic (exact) mass is 556 g/mol. The molecule has 0 bridgehead atoms. The molecular weight excluding hydrogens is 524 g/mol. The molecule has 0 radical (unpaired) electrons. The van der Waals surface area contributed by atoms with Crippen LogP contribution in [0.4, 0.5) is 0 Å². The van der Waals surface area contributed by atoms with Crippen LogP contribution < -0.4 is 5.32 Å². The normalized spacial score (nSPS) is 18.1. The van der Waals surface area contributed by atoms with Gasteiger partial charge in [0, 0.05) is 0 Å². The van der Waals surface area contributed by atoms with E-state index in [2.05, 4.69) is 12.2 Å². The average molecular weight is 557 g/mol. The Hall–Kier alpha value is -4.04. The van der Waals surface area contributed by atoms with Crippen molar-refractivity contribution in [1.29, 1.82) is 0 Å². The molecule has 0 spiro atoms. The molecule has 2 amide bonds. The topological polar surface area (TPSA) is 84.9 Å². The second-order valence-corrected chi connectivity index (χ2v) is 10.8. The van der Waals surface area contributed by atoms with Crippen molar-refractivity contribution in [3.05, 3.63) is 119 Å². The minimum absolute atomic E-state index is 0.121. The van der Waals surface area contributed by atoms with Crippen molar-refractivity contribution in [2.75, 3.05) is 12.4 Å². The molecule has 40 heavy (non-hydrogen) atoms. The third kappa shape index (κ3) is 6.07. The van der Waals surface area contributed by atoms with Crippen LogP contribution in [0.2, 0.25) is 0 Å². The Bertz CT molecular complexity index is 1320. The fourth-order valence-electron chi connectivity index (χ4n) is 4.78. The minimum atomic E-state index is -0.722. The maximum atomic E-state index is 13.9. The fourth-order valence-corrected chi connectivity index (χ4v) is 6.06. The second kappa shape index (κ2) is 12.9. The number of carbonyl (C=O) groups is 3. The van der Waals surface area contributed by atoms with E-state index in [4.69, 9.17) is 9.47 Å². The summed E-state index contributed by atoms with van der Waals surface area (Å²) in [6.07, 6.45) is 1.27. The molecule has 2 atom stereocenters. The summed E-state index contributed by atoms with van der Waals surface area (Å²) in [6.45, 7) is 2.50. The molecule has 0 unspecified atom stereocenters. The van der Waals surface area contributed by atoms with Crippen LogP contribution in [0.25, 0.3) is 0 Å². The summed E-state index contributed by atoms with van der Waals surface area (Å²) < 4.78 is 12.2. The van der Waals surface area contributed by atoms with Gasteiger partial charge in [0.05, 0.1) is 18.8 Å². The van der Waals surface area contributed by atoms with Gasteiger partial charge < -0.3 is 14.8 Å². The van der Waals surface area contributed by atoms with Crippen molar-refractivity contribution >= 4 is 29.5 Å².